The number of nitrogens with one attached hydrogen (secondary N) is 2. The van der Waals surface area contributed by atoms with Crippen molar-refractivity contribution in [3.63, 3.8) is 0 Å². The summed E-state index contributed by atoms with van der Waals surface area (Å²) in [5, 5.41) is 5.76. The van der Waals surface area contributed by atoms with Crippen LogP contribution in [-0.4, -0.2) is 35.5 Å². The number of pyridine rings is 1. The van der Waals surface area contributed by atoms with Gasteiger partial charge in [0.1, 0.15) is 11.6 Å². The number of thioether (sulfide) groups is 1. The number of halogens is 1. The summed E-state index contributed by atoms with van der Waals surface area (Å²) in [4.78, 5) is 15.9. The summed E-state index contributed by atoms with van der Waals surface area (Å²) in [5.74, 6) is 0.400. The van der Waals surface area contributed by atoms with E-state index in [9.17, 15) is 9.18 Å². The maximum atomic E-state index is 13.2. The number of amides is 1. The van der Waals surface area contributed by atoms with E-state index in [1.165, 1.54) is 6.07 Å². The highest BCUT2D eigenvalue weighted by atomic mass is 32.2. The fourth-order valence-electron chi connectivity index (χ4n) is 1.51. The van der Waals surface area contributed by atoms with E-state index in [1.807, 2.05) is 20.1 Å². The van der Waals surface area contributed by atoms with E-state index in [4.69, 9.17) is 0 Å². The minimum Gasteiger partial charge on any atom is -0.370 e. The van der Waals surface area contributed by atoms with Crippen LogP contribution in [0.2, 0.25) is 0 Å². The van der Waals surface area contributed by atoms with Crippen LogP contribution in [0.3, 0.4) is 0 Å². The first kappa shape index (κ1) is 14.8. The Morgan fingerprint density at radius 2 is 2.33 bits per heavy atom. The molecule has 0 radical (unpaired) electrons. The third kappa shape index (κ3) is 4.18. The van der Waals surface area contributed by atoms with Crippen LogP contribution >= 0.6 is 11.8 Å². The van der Waals surface area contributed by atoms with Crippen molar-refractivity contribution in [1.82, 2.24) is 10.3 Å². The maximum absolute atomic E-state index is 13.2. The highest BCUT2D eigenvalue weighted by Gasteiger charge is 2.15. The second kappa shape index (κ2) is 7.20. The first-order chi connectivity index (χ1) is 8.58. The highest BCUT2D eigenvalue weighted by molar-refractivity contribution is 7.98. The summed E-state index contributed by atoms with van der Waals surface area (Å²) in [5.41, 5.74) is 0.241. The molecule has 6 heteroatoms. The Bertz CT molecular complexity index is 414. The first-order valence-electron chi connectivity index (χ1n) is 5.77. The summed E-state index contributed by atoms with van der Waals surface area (Å²) in [6.07, 6.45) is 3.07. The molecule has 1 aromatic heterocycles. The molecule has 1 amide bonds. The molecule has 0 bridgehead atoms. The van der Waals surface area contributed by atoms with E-state index < -0.39 is 5.82 Å². The van der Waals surface area contributed by atoms with Crippen LogP contribution in [0.15, 0.2) is 12.3 Å². The van der Waals surface area contributed by atoms with Gasteiger partial charge in [0.25, 0.3) is 5.91 Å². The Labute approximate surface area is 111 Å². The molecule has 1 rings (SSSR count). The standard InChI is InChI=1S/C12H18FN3OS/c1-4-14-11-10(5-9(13)6-15-11)12(17)16-8(2)7-18-3/h5-6,8H,4,7H2,1-3H3,(H,14,15)(H,16,17). The van der Waals surface area contributed by atoms with Gasteiger partial charge in [-0.3, -0.25) is 4.79 Å². The lowest BCUT2D eigenvalue weighted by atomic mass is 10.2. The molecular formula is C12H18FN3OS. The molecule has 0 saturated carbocycles. The van der Waals surface area contributed by atoms with E-state index in [0.29, 0.717) is 12.4 Å². The van der Waals surface area contributed by atoms with Gasteiger partial charge in [-0.2, -0.15) is 11.8 Å². The van der Waals surface area contributed by atoms with Crippen LogP contribution in [0.4, 0.5) is 10.2 Å². The van der Waals surface area contributed by atoms with Gasteiger partial charge in [0.2, 0.25) is 0 Å². The van der Waals surface area contributed by atoms with Crippen LogP contribution in [0.25, 0.3) is 0 Å². The van der Waals surface area contributed by atoms with Crippen molar-refractivity contribution in [3.05, 3.63) is 23.6 Å². The second-order valence-corrected chi connectivity index (χ2v) is 4.82. The number of rotatable bonds is 6. The third-order valence-electron chi connectivity index (χ3n) is 2.24. The van der Waals surface area contributed by atoms with Crippen LogP contribution in [0, 0.1) is 5.82 Å². The Morgan fingerprint density at radius 3 is 2.94 bits per heavy atom. The van der Waals surface area contributed by atoms with Gasteiger partial charge in [-0.1, -0.05) is 0 Å². The lowest BCUT2D eigenvalue weighted by molar-refractivity contribution is 0.0944. The molecule has 0 fully saturated rings. The molecule has 1 heterocycles. The zero-order valence-electron chi connectivity index (χ0n) is 10.8. The topological polar surface area (TPSA) is 54.0 Å². The quantitative estimate of drug-likeness (QED) is 0.832. The fourth-order valence-corrected chi connectivity index (χ4v) is 2.10. The predicted molar refractivity (Wildman–Crippen MR) is 73.7 cm³/mol. The summed E-state index contributed by atoms with van der Waals surface area (Å²) in [7, 11) is 0. The normalized spacial score (nSPS) is 12.0. The molecule has 18 heavy (non-hydrogen) atoms. The second-order valence-electron chi connectivity index (χ2n) is 3.91. The van der Waals surface area contributed by atoms with Crippen molar-refractivity contribution >= 4 is 23.5 Å². The molecule has 0 spiro atoms. The van der Waals surface area contributed by atoms with E-state index in [-0.39, 0.29) is 17.5 Å². The predicted octanol–water partition coefficient (Wildman–Crippen LogP) is 2.13. The van der Waals surface area contributed by atoms with Gasteiger partial charge in [0.15, 0.2) is 0 Å². The van der Waals surface area contributed by atoms with Gasteiger partial charge >= 0.3 is 0 Å². The van der Waals surface area contributed by atoms with E-state index >= 15 is 0 Å². The lowest BCUT2D eigenvalue weighted by Gasteiger charge is -2.14. The van der Waals surface area contributed by atoms with Crippen LogP contribution in [0.5, 0.6) is 0 Å². The van der Waals surface area contributed by atoms with Gasteiger partial charge in [0.05, 0.1) is 11.8 Å². The third-order valence-corrected chi connectivity index (χ3v) is 3.07. The fraction of sp³-hybridized carbons (Fsp3) is 0.500. The lowest BCUT2D eigenvalue weighted by Crippen LogP contribution is -2.34. The van der Waals surface area contributed by atoms with Gasteiger partial charge in [-0.25, -0.2) is 9.37 Å². The van der Waals surface area contributed by atoms with Crippen LogP contribution in [0.1, 0.15) is 24.2 Å². The average molecular weight is 271 g/mol. The summed E-state index contributed by atoms with van der Waals surface area (Å²) in [6, 6.07) is 1.23. The van der Waals surface area contributed by atoms with Gasteiger partial charge in [0, 0.05) is 18.3 Å². The molecule has 4 nitrogen and oxygen atoms in total. The number of nitrogens with zero attached hydrogens (tertiary/aromatic N) is 1. The molecule has 1 atom stereocenters. The summed E-state index contributed by atoms with van der Waals surface area (Å²) in [6.45, 7) is 4.43. The molecule has 1 aromatic rings. The molecule has 100 valence electrons. The number of hydrogen-bond acceptors (Lipinski definition) is 4. The first-order valence-corrected chi connectivity index (χ1v) is 7.17. The minimum absolute atomic E-state index is 0.0326. The van der Waals surface area contributed by atoms with Gasteiger partial charge in [-0.15, -0.1) is 0 Å². The number of carbonyl (C=O) groups is 1. The van der Waals surface area contributed by atoms with E-state index in [2.05, 4.69) is 15.6 Å². The van der Waals surface area contributed by atoms with Crippen molar-refractivity contribution in [2.75, 3.05) is 23.9 Å². The number of anilines is 1. The number of carbonyl (C=O) groups excluding carboxylic acids is 1. The molecule has 2 N–H and O–H groups in total. The van der Waals surface area contributed by atoms with E-state index in [0.717, 1.165) is 11.9 Å². The smallest absolute Gasteiger partial charge is 0.255 e. The van der Waals surface area contributed by atoms with Crippen molar-refractivity contribution in [3.8, 4) is 0 Å². The monoisotopic (exact) mass is 271 g/mol. The SMILES string of the molecule is CCNc1ncc(F)cc1C(=O)NC(C)CSC. The zero-order chi connectivity index (χ0) is 13.5. The number of aromatic nitrogens is 1. The average Bonchev–Trinajstić information content (AvgIpc) is 2.32. The largest absolute Gasteiger partial charge is 0.370 e. The van der Waals surface area contributed by atoms with Crippen molar-refractivity contribution in [2.45, 2.75) is 19.9 Å². The summed E-state index contributed by atoms with van der Waals surface area (Å²) < 4.78 is 13.2. The van der Waals surface area contributed by atoms with Crippen LogP contribution < -0.4 is 10.6 Å². The Balaban J connectivity index is 2.85. The molecular weight excluding hydrogens is 253 g/mol. The molecule has 0 aliphatic heterocycles. The molecule has 0 aromatic carbocycles. The molecule has 1 unspecified atom stereocenters. The van der Waals surface area contributed by atoms with Crippen LogP contribution in [-0.2, 0) is 0 Å². The minimum atomic E-state index is -0.515. The Kier molecular flexibility index (Phi) is 5.91. The molecule has 0 saturated heterocycles. The molecule has 0 aliphatic rings. The Morgan fingerprint density at radius 1 is 1.61 bits per heavy atom. The van der Waals surface area contributed by atoms with Crippen molar-refractivity contribution < 1.29 is 9.18 Å². The number of hydrogen-bond donors (Lipinski definition) is 2. The van der Waals surface area contributed by atoms with Gasteiger partial charge < -0.3 is 10.6 Å². The van der Waals surface area contributed by atoms with Gasteiger partial charge in [-0.05, 0) is 26.2 Å². The highest BCUT2D eigenvalue weighted by Crippen LogP contribution is 2.13. The van der Waals surface area contributed by atoms with Crippen molar-refractivity contribution in [2.24, 2.45) is 0 Å². The van der Waals surface area contributed by atoms with E-state index in [1.54, 1.807) is 11.8 Å². The molecule has 0 aliphatic carbocycles. The maximum Gasteiger partial charge on any atom is 0.255 e. The van der Waals surface area contributed by atoms with Crippen molar-refractivity contribution in [1.29, 1.82) is 0 Å². The Hall–Kier alpha value is -1.30. The zero-order valence-corrected chi connectivity index (χ0v) is 11.6. The summed E-state index contributed by atoms with van der Waals surface area (Å²) >= 11 is 1.64.